The van der Waals surface area contributed by atoms with Gasteiger partial charge in [-0.2, -0.15) is 0 Å². The first-order valence-electron chi connectivity index (χ1n) is 7.14. The number of fused-ring (bicyclic) bond motifs is 1. The molecular weight excluding hydrogens is 278 g/mol. The third-order valence-corrected chi connectivity index (χ3v) is 4.47. The number of hydrogen-bond acceptors (Lipinski definition) is 4. The summed E-state index contributed by atoms with van der Waals surface area (Å²) in [5.74, 6) is 0.970. The first-order valence-corrected chi connectivity index (χ1v) is 7.68. The van der Waals surface area contributed by atoms with E-state index in [1.165, 1.54) is 5.57 Å². The van der Waals surface area contributed by atoms with Crippen molar-refractivity contribution in [2.75, 3.05) is 12.4 Å². The normalized spacial score (nSPS) is 35.8. The maximum atomic E-state index is 6.12. The largest absolute Gasteiger partial charge is 0.460 e. The van der Waals surface area contributed by atoms with Crippen LogP contribution in [-0.2, 0) is 14.2 Å². The molecule has 4 atom stereocenters. The minimum Gasteiger partial charge on any atom is -0.460 e. The fraction of sp³-hybridized carbons (Fsp3) is 0.733. The van der Waals surface area contributed by atoms with Gasteiger partial charge in [0.1, 0.15) is 6.10 Å². The third kappa shape index (κ3) is 2.91. The van der Waals surface area contributed by atoms with Crippen molar-refractivity contribution in [1.29, 1.82) is 0 Å². The van der Waals surface area contributed by atoms with E-state index in [4.69, 9.17) is 25.8 Å². The molecule has 0 spiro atoms. The number of rotatable bonds is 6. The highest BCUT2D eigenvalue weighted by molar-refractivity contribution is 6.18. The summed E-state index contributed by atoms with van der Waals surface area (Å²) in [6.45, 7) is 10.9. The van der Waals surface area contributed by atoms with E-state index in [9.17, 15) is 0 Å². The quantitative estimate of drug-likeness (QED) is 0.604. The predicted molar refractivity (Wildman–Crippen MR) is 79.3 cm³/mol. The molecule has 2 aliphatic heterocycles. The first-order chi connectivity index (χ1) is 9.51. The van der Waals surface area contributed by atoms with Crippen LogP contribution < -0.4 is 5.32 Å². The maximum Gasteiger partial charge on any atom is 0.268 e. The molecular formula is C15H24ClNO3. The van der Waals surface area contributed by atoms with E-state index in [0.717, 1.165) is 12.8 Å². The van der Waals surface area contributed by atoms with Gasteiger partial charge in [-0.15, -0.1) is 11.6 Å². The Bertz CT molecular complexity index is 399. The Kier molecular flexibility index (Phi) is 4.86. The molecule has 0 aromatic heterocycles. The van der Waals surface area contributed by atoms with Crippen LogP contribution in [0.5, 0.6) is 0 Å². The zero-order valence-corrected chi connectivity index (χ0v) is 13.2. The van der Waals surface area contributed by atoms with Crippen LogP contribution in [0.4, 0.5) is 0 Å². The number of halogens is 1. The monoisotopic (exact) mass is 301 g/mol. The molecule has 0 radical (unpaired) electrons. The average molecular weight is 302 g/mol. The van der Waals surface area contributed by atoms with Crippen molar-refractivity contribution in [2.24, 2.45) is 5.41 Å². The van der Waals surface area contributed by atoms with Crippen molar-refractivity contribution < 1.29 is 14.2 Å². The number of ether oxygens (including phenoxy) is 3. The highest BCUT2D eigenvalue weighted by Crippen LogP contribution is 2.49. The molecule has 4 nitrogen and oxygen atoms in total. The van der Waals surface area contributed by atoms with Gasteiger partial charge < -0.3 is 19.5 Å². The van der Waals surface area contributed by atoms with Crippen LogP contribution in [0.3, 0.4) is 0 Å². The smallest absolute Gasteiger partial charge is 0.268 e. The van der Waals surface area contributed by atoms with Crippen LogP contribution in [0, 0.1) is 5.41 Å². The van der Waals surface area contributed by atoms with Gasteiger partial charge in [-0.1, -0.05) is 13.8 Å². The lowest BCUT2D eigenvalue weighted by Crippen LogP contribution is -2.45. The van der Waals surface area contributed by atoms with Gasteiger partial charge in [0, 0.05) is 17.8 Å². The summed E-state index contributed by atoms with van der Waals surface area (Å²) in [6, 6.07) is 0. The lowest BCUT2D eigenvalue weighted by Gasteiger charge is -2.39. The van der Waals surface area contributed by atoms with Crippen LogP contribution in [0.1, 0.15) is 33.6 Å². The lowest BCUT2D eigenvalue weighted by molar-refractivity contribution is -0.187. The van der Waals surface area contributed by atoms with Gasteiger partial charge in [0.25, 0.3) is 6.29 Å². The standard InChI is InChI=1S/C15H24ClNO3/c1-5-12-8-15(4)10(2)9-18-14(13(15)20-12)19-11(3)17-7-6-16/h9,12-14,17H,3,5-8H2,1-2,4H3/t12-,13?,14?,15?/m1/s1. The lowest BCUT2D eigenvalue weighted by atomic mass is 9.74. The van der Waals surface area contributed by atoms with E-state index in [1.807, 2.05) is 0 Å². The highest BCUT2D eigenvalue weighted by Gasteiger charge is 2.53. The second-order valence-corrected chi connectivity index (χ2v) is 6.05. The summed E-state index contributed by atoms with van der Waals surface area (Å²) in [7, 11) is 0. The fourth-order valence-electron chi connectivity index (χ4n) is 2.82. The Balaban J connectivity index is 2.06. The van der Waals surface area contributed by atoms with Gasteiger partial charge in [0.2, 0.25) is 0 Å². The van der Waals surface area contributed by atoms with Crippen LogP contribution in [0.25, 0.3) is 0 Å². The number of nitrogens with one attached hydrogen (secondary N) is 1. The zero-order valence-electron chi connectivity index (χ0n) is 12.4. The van der Waals surface area contributed by atoms with E-state index in [2.05, 4.69) is 32.7 Å². The van der Waals surface area contributed by atoms with E-state index in [1.54, 1.807) is 6.26 Å². The Morgan fingerprint density at radius 3 is 3.05 bits per heavy atom. The molecule has 0 aromatic carbocycles. The summed E-state index contributed by atoms with van der Waals surface area (Å²) < 4.78 is 17.5. The predicted octanol–water partition coefficient (Wildman–Crippen LogP) is 3.14. The molecule has 0 saturated carbocycles. The number of alkyl halides is 1. The highest BCUT2D eigenvalue weighted by atomic mass is 35.5. The molecule has 1 fully saturated rings. The van der Waals surface area contributed by atoms with Gasteiger partial charge in [-0.3, -0.25) is 0 Å². The van der Waals surface area contributed by atoms with Gasteiger partial charge in [0.15, 0.2) is 5.88 Å². The molecule has 2 heterocycles. The molecule has 2 rings (SSSR count). The molecule has 0 aromatic rings. The Morgan fingerprint density at radius 2 is 2.40 bits per heavy atom. The van der Waals surface area contributed by atoms with Crippen molar-refractivity contribution in [2.45, 2.75) is 52.1 Å². The van der Waals surface area contributed by atoms with Crippen LogP contribution in [-0.4, -0.2) is 30.9 Å². The van der Waals surface area contributed by atoms with Crippen LogP contribution >= 0.6 is 11.6 Å². The molecule has 0 amide bonds. The van der Waals surface area contributed by atoms with Gasteiger partial charge in [0.05, 0.1) is 12.4 Å². The summed E-state index contributed by atoms with van der Waals surface area (Å²) in [4.78, 5) is 0. The second-order valence-electron chi connectivity index (χ2n) is 5.67. The molecule has 2 aliphatic rings. The third-order valence-electron chi connectivity index (χ3n) is 4.28. The second kappa shape index (κ2) is 6.27. The molecule has 0 aliphatic carbocycles. The summed E-state index contributed by atoms with van der Waals surface area (Å²) in [5.41, 5.74) is 1.17. The van der Waals surface area contributed by atoms with Crippen molar-refractivity contribution in [3.05, 3.63) is 24.3 Å². The molecule has 20 heavy (non-hydrogen) atoms. The van der Waals surface area contributed by atoms with E-state index in [0.29, 0.717) is 18.3 Å². The fourth-order valence-corrected chi connectivity index (χ4v) is 2.91. The van der Waals surface area contributed by atoms with Crippen molar-refractivity contribution >= 4 is 11.6 Å². The Labute approximate surface area is 126 Å². The first kappa shape index (κ1) is 15.5. The van der Waals surface area contributed by atoms with Crippen molar-refractivity contribution in [3.8, 4) is 0 Å². The molecule has 5 heteroatoms. The Hall–Kier alpha value is -0.870. The minimum atomic E-state index is -0.462. The molecule has 3 unspecified atom stereocenters. The number of hydrogen-bond donors (Lipinski definition) is 1. The molecule has 0 bridgehead atoms. The topological polar surface area (TPSA) is 39.7 Å². The maximum absolute atomic E-state index is 6.12. The molecule has 1 N–H and O–H groups in total. The summed E-state index contributed by atoms with van der Waals surface area (Å²) in [6.07, 6.45) is 3.48. The van der Waals surface area contributed by atoms with Gasteiger partial charge in [-0.05, 0) is 31.9 Å². The SMILES string of the molecule is C=C(NCCCl)OC1OC=C(C)C2(C)C[C@@H](CC)OC12. The van der Waals surface area contributed by atoms with E-state index in [-0.39, 0.29) is 17.6 Å². The van der Waals surface area contributed by atoms with Crippen molar-refractivity contribution in [1.82, 2.24) is 5.32 Å². The van der Waals surface area contributed by atoms with Crippen LogP contribution in [0.15, 0.2) is 24.3 Å². The summed E-state index contributed by atoms with van der Waals surface area (Å²) in [5, 5.41) is 3.00. The zero-order chi connectivity index (χ0) is 14.8. The van der Waals surface area contributed by atoms with E-state index < -0.39 is 6.29 Å². The van der Waals surface area contributed by atoms with Crippen molar-refractivity contribution in [3.63, 3.8) is 0 Å². The average Bonchev–Trinajstić information content (AvgIpc) is 2.79. The summed E-state index contributed by atoms with van der Waals surface area (Å²) >= 11 is 5.63. The van der Waals surface area contributed by atoms with Crippen LogP contribution in [0.2, 0.25) is 0 Å². The molecule has 114 valence electrons. The van der Waals surface area contributed by atoms with E-state index >= 15 is 0 Å². The van der Waals surface area contributed by atoms with Gasteiger partial charge in [-0.25, -0.2) is 0 Å². The molecule has 1 saturated heterocycles. The van der Waals surface area contributed by atoms with Gasteiger partial charge >= 0.3 is 0 Å². The minimum absolute atomic E-state index is 0.0314. The Morgan fingerprint density at radius 1 is 1.65 bits per heavy atom.